The molecule has 0 aliphatic heterocycles. The summed E-state index contributed by atoms with van der Waals surface area (Å²) in [4.78, 5) is 21.5. The first-order valence-electron chi connectivity index (χ1n) is 6.93. The van der Waals surface area contributed by atoms with Crippen molar-refractivity contribution in [2.75, 3.05) is 6.61 Å². The van der Waals surface area contributed by atoms with E-state index in [1.54, 1.807) is 24.3 Å². The summed E-state index contributed by atoms with van der Waals surface area (Å²) in [7, 11) is 0. The molecule has 0 aliphatic carbocycles. The molecule has 0 fully saturated rings. The number of primary amides is 2. The second-order valence-electron chi connectivity index (χ2n) is 4.87. The Morgan fingerprint density at radius 1 is 0.826 bits per heavy atom. The van der Waals surface area contributed by atoms with Crippen molar-refractivity contribution in [3.8, 4) is 17.6 Å². The third kappa shape index (κ3) is 5.56. The third-order valence-corrected chi connectivity index (χ3v) is 2.92. The molecule has 0 saturated heterocycles. The molecule has 0 heterocycles. The molecule has 23 heavy (non-hydrogen) atoms. The molecule has 0 aliphatic rings. The van der Waals surface area contributed by atoms with E-state index in [1.165, 1.54) is 0 Å². The zero-order chi connectivity index (χ0) is 16.7. The average Bonchev–Trinajstić information content (AvgIpc) is 2.53. The largest absolute Gasteiger partial charge is 0.484 e. The highest BCUT2D eigenvalue weighted by molar-refractivity contribution is 5.76. The van der Waals surface area contributed by atoms with Crippen molar-refractivity contribution < 1.29 is 14.3 Å². The van der Waals surface area contributed by atoms with Crippen LogP contribution in [-0.2, 0) is 16.0 Å². The Morgan fingerprint density at radius 3 is 1.83 bits per heavy atom. The molecule has 5 heteroatoms. The molecule has 5 nitrogen and oxygen atoms in total. The molecule has 0 saturated carbocycles. The molecule has 116 valence electrons. The summed E-state index contributed by atoms with van der Waals surface area (Å²) in [5, 5.41) is 0. The van der Waals surface area contributed by atoms with Gasteiger partial charge in [0.1, 0.15) is 5.75 Å². The van der Waals surface area contributed by atoms with E-state index in [-0.39, 0.29) is 18.9 Å². The van der Waals surface area contributed by atoms with Gasteiger partial charge in [-0.2, -0.15) is 0 Å². The minimum Gasteiger partial charge on any atom is -0.484 e. The molecule has 2 amide bonds. The van der Waals surface area contributed by atoms with Gasteiger partial charge < -0.3 is 16.2 Å². The topological polar surface area (TPSA) is 95.4 Å². The van der Waals surface area contributed by atoms with Crippen molar-refractivity contribution in [2.45, 2.75) is 6.42 Å². The molecule has 0 atom stereocenters. The summed E-state index contributed by atoms with van der Waals surface area (Å²) >= 11 is 0. The lowest BCUT2D eigenvalue weighted by molar-refractivity contribution is -0.120. The fourth-order valence-electron chi connectivity index (χ4n) is 1.84. The zero-order valence-electron chi connectivity index (χ0n) is 12.4. The van der Waals surface area contributed by atoms with Gasteiger partial charge in [0, 0.05) is 11.1 Å². The van der Waals surface area contributed by atoms with Crippen molar-refractivity contribution in [3.05, 3.63) is 65.2 Å². The number of benzene rings is 2. The quantitative estimate of drug-likeness (QED) is 0.806. The Labute approximate surface area is 134 Å². The number of ether oxygens (including phenoxy) is 1. The van der Waals surface area contributed by atoms with E-state index < -0.39 is 5.91 Å². The second-order valence-corrected chi connectivity index (χ2v) is 4.87. The standard InChI is InChI=1S/C18H16N2O3/c19-17(21)11-15-5-3-13(4-6-15)1-2-14-7-9-16(10-8-14)23-12-18(20)22/h3-10H,11-12H2,(H2,19,21)(H2,20,22). The summed E-state index contributed by atoms with van der Waals surface area (Å²) in [6.07, 6.45) is 0.223. The third-order valence-electron chi connectivity index (χ3n) is 2.92. The number of hydrogen-bond donors (Lipinski definition) is 2. The lowest BCUT2D eigenvalue weighted by Crippen LogP contribution is -2.19. The van der Waals surface area contributed by atoms with Crippen LogP contribution in [0.2, 0.25) is 0 Å². The van der Waals surface area contributed by atoms with Gasteiger partial charge in [-0.1, -0.05) is 24.0 Å². The molecule has 0 spiro atoms. The van der Waals surface area contributed by atoms with Crippen LogP contribution in [0.15, 0.2) is 48.5 Å². The number of carbonyl (C=O) groups excluding carboxylic acids is 2. The maximum Gasteiger partial charge on any atom is 0.255 e. The Morgan fingerprint density at radius 2 is 1.35 bits per heavy atom. The molecule has 0 unspecified atom stereocenters. The van der Waals surface area contributed by atoms with Crippen molar-refractivity contribution in [3.63, 3.8) is 0 Å². The lowest BCUT2D eigenvalue weighted by atomic mass is 10.1. The van der Waals surface area contributed by atoms with Crippen LogP contribution in [-0.4, -0.2) is 18.4 Å². The van der Waals surface area contributed by atoms with Crippen LogP contribution < -0.4 is 16.2 Å². The van der Waals surface area contributed by atoms with Crippen LogP contribution in [0, 0.1) is 11.8 Å². The molecular weight excluding hydrogens is 292 g/mol. The van der Waals surface area contributed by atoms with Crippen LogP contribution in [0.5, 0.6) is 5.75 Å². The van der Waals surface area contributed by atoms with Crippen LogP contribution in [0.1, 0.15) is 16.7 Å². The number of rotatable bonds is 5. The van der Waals surface area contributed by atoms with E-state index in [0.717, 1.165) is 16.7 Å². The van der Waals surface area contributed by atoms with E-state index in [2.05, 4.69) is 11.8 Å². The Bertz CT molecular complexity index is 754. The lowest BCUT2D eigenvalue weighted by Gasteiger charge is -2.02. The maximum absolute atomic E-state index is 10.8. The Balaban J connectivity index is 2.00. The summed E-state index contributed by atoms with van der Waals surface area (Å²) in [5.41, 5.74) is 12.7. The second kappa shape index (κ2) is 7.66. The fraction of sp³-hybridized carbons (Fsp3) is 0.111. The first-order valence-corrected chi connectivity index (χ1v) is 6.93. The monoisotopic (exact) mass is 308 g/mol. The molecular formula is C18H16N2O3. The van der Waals surface area contributed by atoms with Gasteiger partial charge in [-0.15, -0.1) is 0 Å². The predicted molar refractivity (Wildman–Crippen MR) is 86.5 cm³/mol. The molecule has 4 N–H and O–H groups in total. The van der Waals surface area contributed by atoms with Crippen LogP contribution in [0.3, 0.4) is 0 Å². The highest BCUT2D eigenvalue weighted by atomic mass is 16.5. The van der Waals surface area contributed by atoms with Crippen molar-refractivity contribution in [2.24, 2.45) is 11.5 Å². The minimum atomic E-state index is -0.520. The minimum absolute atomic E-state index is 0.150. The van der Waals surface area contributed by atoms with E-state index >= 15 is 0 Å². The predicted octanol–water partition coefficient (Wildman–Crippen LogP) is 0.978. The molecule has 0 aromatic heterocycles. The molecule has 2 rings (SSSR count). The zero-order valence-corrected chi connectivity index (χ0v) is 12.4. The summed E-state index contributed by atoms with van der Waals surface area (Å²) < 4.78 is 5.17. The van der Waals surface area contributed by atoms with Crippen LogP contribution in [0.4, 0.5) is 0 Å². The van der Waals surface area contributed by atoms with Gasteiger partial charge in [0.05, 0.1) is 6.42 Å². The SMILES string of the molecule is NC(=O)COc1ccc(C#Cc2ccc(CC(N)=O)cc2)cc1. The molecule has 0 radical (unpaired) electrons. The smallest absolute Gasteiger partial charge is 0.255 e. The number of carbonyl (C=O) groups is 2. The highest BCUT2D eigenvalue weighted by Crippen LogP contribution is 2.11. The van der Waals surface area contributed by atoms with Gasteiger partial charge >= 0.3 is 0 Å². The normalized spacial score (nSPS) is 9.57. The Hall–Kier alpha value is -3.26. The van der Waals surface area contributed by atoms with E-state index in [4.69, 9.17) is 16.2 Å². The van der Waals surface area contributed by atoms with Gasteiger partial charge in [0.15, 0.2) is 6.61 Å². The summed E-state index contributed by atoms with van der Waals surface area (Å²) in [5.74, 6) is 5.74. The van der Waals surface area contributed by atoms with Crippen LogP contribution in [0.25, 0.3) is 0 Å². The summed E-state index contributed by atoms with van der Waals surface area (Å²) in [6.45, 7) is -0.150. The molecule has 2 aromatic carbocycles. The van der Waals surface area contributed by atoms with Gasteiger partial charge in [0.2, 0.25) is 5.91 Å². The summed E-state index contributed by atoms with van der Waals surface area (Å²) in [6, 6.07) is 14.4. The van der Waals surface area contributed by atoms with Gasteiger partial charge in [-0.25, -0.2) is 0 Å². The van der Waals surface area contributed by atoms with Crippen molar-refractivity contribution in [1.82, 2.24) is 0 Å². The first-order chi connectivity index (χ1) is 11.0. The molecule has 2 aromatic rings. The van der Waals surface area contributed by atoms with E-state index in [9.17, 15) is 9.59 Å². The van der Waals surface area contributed by atoms with Gasteiger partial charge in [-0.3, -0.25) is 9.59 Å². The van der Waals surface area contributed by atoms with Crippen LogP contribution >= 0.6 is 0 Å². The number of hydrogen-bond acceptors (Lipinski definition) is 3. The van der Waals surface area contributed by atoms with Crippen molar-refractivity contribution in [1.29, 1.82) is 0 Å². The van der Waals surface area contributed by atoms with Crippen molar-refractivity contribution >= 4 is 11.8 Å². The van der Waals surface area contributed by atoms with E-state index in [0.29, 0.717) is 5.75 Å². The Kier molecular flexibility index (Phi) is 5.37. The fourth-order valence-corrected chi connectivity index (χ4v) is 1.84. The van der Waals surface area contributed by atoms with Gasteiger partial charge in [0.25, 0.3) is 5.91 Å². The number of nitrogens with two attached hydrogens (primary N) is 2. The van der Waals surface area contributed by atoms with Gasteiger partial charge in [-0.05, 0) is 42.0 Å². The highest BCUT2D eigenvalue weighted by Gasteiger charge is 1.98. The maximum atomic E-state index is 10.8. The number of amides is 2. The molecule has 0 bridgehead atoms. The van der Waals surface area contributed by atoms with E-state index in [1.807, 2.05) is 24.3 Å². The first kappa shape index (κ1) is 16.1. The average molecular weight is 308 g/mol.